The Morgan fingerprint density at radius 1 is 1.06 bits per heavy atom. The third kappa shape index (κ3) is 3.29. The van der Waals surface area contributed by atoms with E-state index in [1.54, 1.807) is 6.08 Å². The van der Waals surface area contributed by atoms with Crippen molar-refractivity contribution in [3.63, 3.8) is 0 Å². The highest BCUT2D eigenvalue weighted by atomic mass is 16.5. The first-order chi connectivity index (χ1) is 16.6. The lowest BCUT2D eigenvalue weighted by Crippen LogP contribution is -2.32. The summed E-state index contributed by atoms with van der Waals surface area (Å²) in [6, 6.07) is 12.9. The monoisotopic (exact) mass is 456 g/mol. The standard InChI is InChI=1S/C29H32N2O3/c1-29(14-6-2-3-7-15-30)22-18-26-21(19-9-4-5-10-24(19)33-26)17-23(22)31-16-8-11-25-20(28(29)31)12-13-27(32)34-25/h4-5,9-10,12-13,17-18,25H,2-3,6-8,11,14-16,30H2,1H3. The highest BCUT2D eigenvalue weighted by molar-refractivity contribution is 6.07. The van der Waals surface area contributed by atoms with Crippen molar-refractivity contribution in [2.75, 3.05) is 18.0 Å². The van der Waals surface area contributed by atoms with Gasteiger partial charge >= 0.3 is 5.97 Å². The van der Waals surface area contributed by atoms with E-state index in [1.165, 1.54) is 28.9 Å². The number of nitrogens with zero attached hydrogens (tertiary/aromatic N) is 1. The predicted molar refractivity (Wildman–Crippen MR) is 136 cm³/mol. The molecule has 5 heteroatoms. The number of allylic oxidation sites excluding steroid dienone is 1. The largest absolute Gasteiger partial charge is 0.456 e. The van der Waals surface area contributed by atoms with Crippen LogP contribution in [0.5, 0.6) is 0 Å². The predicted octanol–water partition coefficient (Wildman–Crippen LogP) is 6.10. The van der Waals surface area contributed by atoms with Crippen molar-refractivity contribution in [3.8, 4) is 0 Å². The summed E-state index contributed by atoms with van der Waals surface area (Å²) in [5, 5.41) is 2.32. The minimum absolute atomic E-state index is 0.160. The van der Waals surface area contributed by atoms with Crippen LogP contribution in [-0.4, -0.2) is 25.2 Å². The van der Waals surface area contributed by atoms with Crippen molar-refractivity contribution in [2.24, 2.45) is 5.73 Å². The molecule has 34 heavy (non-hydrogen) atoms. The van der Waals surface area contributed by atoms with Crippen molar-refractivity contribution >= 4 is 33.6 Å². The molecule has 6 rings (SSSR count). The van der Waals surface area contributed by atoms with Crippen LogP contribution >= 0.6 is 0 Å². The summed E-state index contributed by atoms with van der Waals surface area (Å²) in [5.41, 5.74) is 12.5. The van der Waals surface area contributed by atoms with Crippen LogP contribution in [0.1, 0.15) is 57.4 Å². The van der Waals surface area contributed by atoms with Crippen LogP contribution in [0.25, 0.3) is 21.9 Å². The second-order valence-electron chi connectivity index (χ2n) is 10.1. The molecule has 0 saturated heterocycles. The number of rotatable bonds is 6. The SMILES string of the molecule is CC1(CCCCCCN)C2=C3C=CC(=O)OC3CCCN2c2cc3c(cc21)oc1ccccc13. The summed E-state index contributed by atoms with van der Waals surface area (Å²) in [7, 11) is 0. The molecule has 0 fully saturated rings. The number of nitrogens with two attached hydrogens (primary N) is 1. The van der Waals surface area contributed by atoms with Crippen molar-refractivity contribution < 1.29 is 13.9 Å². The van der Waals surface area contributed by atoms with Gasteiger partial charge in [0.1, 0.15) is 17.3 Å². The van der Waals surface area contributed by atoms with Gasteiger partial charge in [0.2, 0.25) is 0 Å². The average Bonchev–Trinajstić information content (AvgIpc) is 3.22. The fourth-order valence-electron chi connectivity index (χ4n) is 6.30. The molecule has 0 aliphatic carbocycles. The molecule has 2 aromatic carbocycles. The maximum absolute atomic E-state index is 12.1. The highest BCUT2D eigenvalue weighted by Gasteiger charge is 2.47. The number of para-hydroxylation sites is 1. The molecule has 0 saturated carbocycles. The normalized spacial score (nSPS) is 23.8. The average molecular weight is 457 g/mol. The van der Waals surface area contributed by atoms with Gasteiger partial charge in [0.25, 0.3) is 0 Å². The number of esters is 1. The molecule has 2 unspecified atom stereocenters. The van der Waals surface area contributed by atoms with E-state index in [1.807, 2.05) is 18.2 Å². The van der Waals surface area contributed by atoms with Crippen LogP contribution in [0, 0.1) is 0 Å². The third-order valence-electron chi connectivity index (χ3n) is 7.93. The summed E-state index contributed by atoms with van der Waals surface area (Å²) >= 11 is 0. The van der Waals surface area contributed by atoms with Gasteiger partial charge in [0.05, 0.1) is 0 Å². The van der Waals surface area contributed by atoms with Crippen molar-refractivity contribution in [3.05, 3.63) is 65.4 Å². The van der Waals surface area contributed by atoms with E-state index in [4.69, 9.17) is 14.9 Å². The molecule has 3 aromatic rings. The quantitative estimate of drug-likeness (QED) is 0.358. The number of furan rings is 1. The van der Waals surface area contributed by atoms with E-state index in [2.05, 4.69) is 36.1 Å². The number of anilines is 1. The molecule has 0 spiro atoms. The molecule has 2 N–H and O–H groups in total. The zero-order chi connectivity index (χ0) is 23.3. The second-order valence-corrected chi connectivity index (χ2v) is 10.1. The zero-order valence-corrected chi connectivity index (χ0v) is 19.8. The maximum Gasteiger partial charge on any atom is 0.331 e. The summed E-state index contributed by atoms with van der Waals surface area (Å²) < 4.78 is 12.1. The zero-order valence-electron chi connectivity index (χ0n) is 19.8. The Bertz CT molecular complexity index is 1330. The Balaban J connectivity index is 1.53. The molecule has 0 bridgehead atoms. The van der Waals surface area contributed by atoms with Gasteiger partial charge in [-0.15, -0.1) is 0 Å². The maximum atomic E-state index is 12.1. The number of ether oxygens (including phenoxy) is 1. The van der Waals surface area contributed by atoms with Crippen molar-refractivity contribution in [1.29, 1.82) is 0 Å². The number of carbonyl (C=O) groups excluding carboxylic acids is 1. The molecule has 4 heterocycles. The summed E-state index contributed by atoms with van der Waals surface area (Å²) in [5.74, 6) is -0.231. The van der Waals surface area contributed by atoms with Gasteiger partial charge in [0.15, 0.2) is 0 Å². The number of unbranched alkanes of at least 4 members (excludes halogenated alkanes) is 3. The van der Waals surface area contributed by atoms with E-state index < -0.39 is 0 Å². The van der Waals surface area contributed by atoms with Gasteiger partial charge < -0.3 is 19.8 Å². The molecule has 1 aromatic heterocycles. The smallest absolute Gasteiger partial charge is 0.331 e. The Hall–Kier alpha value is -3.05. The van der Waals surface area contributed by atoms with E-state index >= 15 is 0 Å². The first kappa shape index (κ1) is 21.5. The lowest BCUT2D eigenvalue weighted by atomic mass is 9.75. The first-order valence-corrected chi connectivity index (χ1v) is 12.7. The molecule has 3 aliphatic rings. The summed E-state index contributed by atoms with van der Waals surface area (Å²) in [4.78, 5) is 14.6. The fourth-order valence-corrected chi connectivity index (χ4v) is 6.30. The summed E-state index contributed by atoms with van der Waals surface area (Å²) in [6.07, 6.45) is 10.9. The topological polar surface area (TPSA) is 68.7 Å². The van der Waals surface area contributed by atoms with Crippen LogP contribution in [0.4, 0.5) is 5.69 Å². The number of hydrogen-bond donors (Lipinski definition) is 1. The van der Waals surface area contributed by atoms with Crippen LogP contribution in [0.15, 0.2) is 64.2 Å². The number of hydrogen-bond acceptors (Lipinski definition) is 5. The van der Waals surface area contributed by atoms with Crippen LogP contribution in [0.2, 0.25) is 0 Å². The van der Waals surface area contributed by atoms with E-state index in [9.17, 15) is 4.79 Å². The van der Waals surface area contributed by atoms with Gasteiger partial charge in [-0.05, 0) is 69.0 Å². The van der Waals surface area contributed by atoms with Crippen LogP contribution < -0.4 is 10.6 Å². The molecular weight excluding hydrogens is 424 g/mol. The minimum atomic E-state index is -0.231. The van der Waals surface area contributed by atoms with Gasteiger partial charge in [-0.2, -0.15) is 0 Å². The highest BCUT2D eigenvalue weighted by Crippen LogP contribution is 2.55. The molecule has 2 atom stereocenters. The van der Waals surface area contributed by atoms with Crippen molar-refractivity contribution in [2.45, 2.75) is 63.4 Å². The number of benzene rings is 2. The second kappa shape index (κ2) is 8.31. The van der Waals surface area contributed by atoms with Gasteiger partial charge in [0, 0.05) is 45.8 Å². The Morgan fingerprint density at radius 2 is 1.91 bits per heavy atom. The lowest BCUT2D eigenvalue weighted by molar-refractivity contribution is -0.142. The Labute approximate surface area is 200 Å². The van der Waals surface area contributed by atoms with E-state index in [-0.39, 0.29) is 17.5 Å². The van der Waals surface area contributed by atoms with Crippen LogP contribution in [0.3, 0.4) is 0 Å². The van der Waals surface area contributed by atoms with E-state index in [0.29, 0.717) is 0 Å². The lowest BCUT2D eigenvalue weighted by Gasteiger charge is -2.33. The van der Waals surface area contributed by atoms with Crippen molar-refractivity contribution in [1.82, 2.24) is 0 Å². The van der Waals surface area contributed by atoms with Gasteiger partial charge in [-0.1, -0.05) is 37.5 Å². The Kier molecular flexibility index (Phi) is 5.25. The summed E-state index contributed by atoms with van der Waals surface area (Å²) in [6.45, 7) is 4.06. The van der Waals surface area contributed by atoms with Crippen LogP contribution in [-0.2, 0) is 14.9 Å². The number of carbonyl (C=O) groups is 1. The first-order valence-electron chi connectivity index (χ1n) is 12.7. The third-order valence-corrected chi connectivity index (χ3v) is 7.93. The molecule has 5 nitrogen and oxygen atoms in total. The molecule has 0 radical (unpaired) electrons. The fraction of sp³-hybridized carbons (Fsp3) is 0.414. The molecule has 0 amide bonds. The minimum Gasteiger partial charge on any atom is -0.456 e. The molecule has 176 valence electrons. The van der Waals surface area contributed by atoms with E-state index in [0.717, 1.165) is 73.6 Å². The number of fused-ring (bicyclic) bond motifs is 7. The molecule has 3 aliphatic heterocycles. The Morgan fingerprint density at radius 3 is 2.79 bits per heavy atom. The molecular formula is C29H32N2O3. The van der Waals surface area contributed by atoms with Gasteiger partial charge in [-0.25, -0.2) is 4.79 Å². The van der Waals surface area contributed by atoms with Gasteiger partial charge in [-0.3, -0.25) is 0 Å².